The van der Waals surface area contributed by atoms with Crippen LogP contribution >= 0.6 is 11.6 Å². The van der Waals surface area contributed by atoms with Gasteiger partial charge in [0.15, 0.2) is 11.9 Å². The van der Waals surface area contributed by atoms with Crippen molar-refractivity contribution in [1.29, 1.82) is 0 Å². The third kappa shape index (κ3) is 4.33. The van der Waals surface area contributed by atoms with Gasteiger partial charge < -0.3 is 14.9 Å². The maximum Gasteiger partial charge on any atom is 0.573 e. The van der Waals surface area contributed by atoms with Crippen molar-refractivity contribution in [2.75, 3.05) is 0 Å². The first-order valence-corrected chi connectivity index (χ1v) is 5.96. The molecule has 116 valence electrons. The molecule has 21 heavy (non-hydrogen) atoms. The van der Waals surface area contributed by atoms with Crippen LogP contribution in [-0.2, 0) is 4.79 Å². The quantitative estimate of drug-likeness (QED) is 0.641. The van der Waals surface area contributed by atoms with Gasteiger partial charge in [-0.05, 0) is 13.0 Å². The fourth-order valence-electron chi connectivity index (χ4n) is 1.58. The standard InChI is InChI=1S/C12H10ClF3O5/c1-5(13)9(17)8-6(10(18)11(19)20)3-2-4-7(8)21-12(14,15)16/h2-5,10,18H,1H3,(H,19,20). The molecule has 0 aliphatic heterocycles. The number of carbonyl (C=O) groups excluding carboxylic acids is 1. The lowest BCUT2D eigenvalue weighted by Crippen LogP contribution is -2.23. The van der Waals surface area contributed by atoms with Gasteiger partial charge in [-0.25, -0.2) is 4.79 Å². The van der Waals surface area contributed by atoms with Gasteiger partial charge in [-0.2, -0.15) is 0 Å². The lowest BCUT2D eigenvalue weighted by Gasteiger charge is -2.18. The molecular weight excluding hydrogens is 317 g/mol. The fraction of sp³-hybridized carbons (Fsp3) is 0.333. The normalized spacial score (nSPS) is 14.4. The smallest absolute Gasteiger partial charge is 0.479 e. The topological polar surface area (TPSA) is 83.8 Å². The van der Waals surface area contributed by atoms with Crippen LogP contribution in [0, 0.1) is 0 Å². The average Bonchev–Trinajstić information content (AvgIpc) is 2.34. The van der Waals surface area contributed by atoms with Crippen LogP contribution in [0.3, 0.4) is 0 Å². The number of rotatable bonds is 5. The first-order chi connectivity index (χ1) is 9.54. The molecule has 0 aromatic heterocycles. The Morgan fingerprint density at radius 3 is 2.33 bits per heavy atom. The van der Waals surface area contributed by atoms with Crippen molar-refractivity contribution in [1.82, 2.24) is 0 Å². The van der Waals surface area contributed by atoms with E-state index in [0.717, 1.165) is 18.2 Å². The lowest BCUT2D eigenvalue weighted by molar-refractivity contribution is -0.274. The summed E-state index contributed by atoms with van der Waals surface area (Å²) in [6.07, 6.45) is -7.27. The van der Waals surface area contributed by atoms with Crippen LogP contribution in [0.5, 0.6) is 5.75 Å². The minimum atomic E-state index is -5.09. The van der Waals surface area contributed by atoms with Crippen molar-refractivity contribution in [2.45, 2.75) is 24.8 Å². The average molecular weight is 327 g/mol. The largest absolute Gasteiger partial charge is 0.573 e. The summed E-state index contributed by atoms with van der Waals surface area (Å²) >= 11 is 5.55. The number of aliphatic carboxylic acids is 1. The minimum Gasteiger partial charge on any atom is -0.479 e. The number of carbonyl (C=O) groups is 2. The zero-order valence-electron chi connectivity index (χ0n) is 10.5. The Hall–Kier alpha value is -1.80. The summed E-state index contributed by atoms with van der Waals surface area (Å²) < 4.78 is 40.7. The number of carboxylic acids is 1. The summed E-state index contributed by atoms with van der Waals surface area (Å²) in [4.78, 5) is 22.7. The molecule has 0 amide bonds. The first kappa shape index (κ1) is 17.3. The third-order valence-corrected chi connectivity index (χ3v) is 2.62. The van der Waals surface area contributed by atoms with Gasteiger partial charge in [0.1, 0.15) is 5.75 Å². The Labute approximate surface area is 121 Å². The van der Waals surface area contributed by atoms with Crippen molar-refractivity contribution in [2.24, 2.45) is 0 Å². The Balaban J connectivity index is 3.48. The van der Waals surface area contributed by atoms with Crippen molar-refractivity contribution >= 4 is 23.4 Å². The number of Topliss-reactive ketones (excluding diaryl/α,β-unsaturated/α-hetero) is 1. The van der Waals surface area contributed by atoms with Crippen molar-refractivity contribution in [3.63, 3.8) is 0 Å². The van der Waals surface area contributed by atoms with Crippen LogP contribution in [0.4, 0.5) is 13.2 Å². The lowest BCUT2D eigenvalue weighted by atomic mass is 9.96. The fourth-order valence-corrected chi connectivity index (χ4v) is 1.69. The highest BCUT2D eigenvalue weighted by molar-refractivity contribution is 6.34. The van der Waals surface area contributed by atoms with Crippen molar-refractivity contribution < 1.29 is 37.7 Å². The van der Waals surface area contributed by atoms with E-state index in [2.05, 4.69) is 4.74 Å². The Kier molecular flexibility index (Phi) is 5.19. The first-order valence-electron chi connectivity index (χ1n) is 5.52. The molecule has 0 saturated heterocycles. The zero-order chi connectivity index (χ0) is 16.4. The molecule has 0 spiro atoms. The number of benzene rings is 1. The second kappa shape index (κ2) is 6.31. The molecule has 5 nitrogen and oxygen atoms in total. The Bertz CT molecular complexity index is 556. The van der Waals surface area contributed by atoms with E-state index >= 15 is 0 Å². The van der Waals surface area contributed by atoms with Crippen LogP contribution in [0.2, 0.25) is 0 Å². The van der Waals surface area contributed by atoms with Crippen LogP contribution in [-0.4, -0.2) is 33.7 Å². The van der Waals surface area contributed by atoms with Gasteiger partial charge in [0.25, 0.3) is 0 Å². The molecule has 9 heteroatoms. The van der Waals surface area contributed by atoms with Crippen LogP contribution in [0.1, 0.15) is 28.9 Å². The van der Waals surface area contributed by atoms with E-state index in [4.69, 9.17) is 16.7 Å². The molecular formula is C12H10ClF3O5. The van der Waals surface area contributed by atoms with Crippen LogP contribution in [0.15, 0.2) is 18.2 Å². The maximum absolute atomic E-state index is 12.3. The molecule has 1 rings (SSSR count). The maximum atomic E-state index is 12.3. The summed E-state index contributed by atoms with van der Waals surface area (Å²) in [6.45, 7) is 1.20. The van der Waals surface area contributed by atoms with E-state index in [1.807, 2.05) is 0 Å². The molecule has 1 aromatic carbocycles. The molecule has 1 aromatic rings. The zero-order valence-corrected chi connectivity index (χ0v) is 11.3. The monoisotopic (exact) mass is 326 g/mol. The molecule has 2 unspecified atom stereocenters. The van der Waals surface area contributed by atoms with Gasteiger partial charge in [-0.1, -0.05) is 12.1 Å². The summed E-state index contributed by atoms with van der Waals surface area (Å²) in [5.74, 6) is -3.64. The number of hydrogen-bond acceptors (Lipinski definition) is 4. The van der Waals surface area contributed by atoms with Crippen molar-refractivity contribution in [3.8, 4) is 5.75 Å². The van der Waals surface area contributed by atoms with E-state index in [-0.39, 0.29) is 0 Å². The van der Waals surface area contributed by atoms with Crippen molar-refractivity contribution in [3.05, 3.63) is 29.3 Å². The van der Waals surface area contributed by atoms with E-state index in [1.54, 1.807) is 0 Å². The third-order valence-electron chi connectivity index (χ3n) is 2.42. The number of aliphatic hydroxyl groups excluding tert-OH is 1. The number of hydrogen-bond donors (Lipinski definition) is 2. The molecule has 2 N–H and O–H groups in total. The summed E-state index contributed by atoms with van der Waals surface area (Å²) in [5.41, 5.74) is -1.24. The second-order valence-electron chi connectivity index (χ2n) is 3.99. The number of alkyl halides is 4. The highest BCUT2D eigenvalue weighted by atomic mass is 35.5. The molecule has 0 bridgehead atoms. The number of halogens is 4. The van der Waals surface area contributed by atoms with E-state index in [0.29, 0.717) is 0 Å². The minimum absolute atomic E-state index is 0.526. The van der Waals surface area contributed by atoms with Gasteiger partial charge in [0.05, 0.1) is 10.9 Å². The molecule has 0 heterocycles. The van der Waals surface area contributed by atoms with Gasteiger partial charge in [0.2, 0.25) is 0 Å². The van der Waals surface area contributed by atoms with Gasteiger partial charge in [0, 0.05) is 5.56 Å². The summed E-state index contributed by atoms with van der Waals surface area (Å²) in [6, 6.07) is 2.87. The van der Waals surface area contributed by atoms with E-state index < -0.39 is 46.5 Å². The van der Waals surface area contributed by atoms with Gasteiger partial charge >= 0.3 is 12.3 Å². The van der Waals surface area contributed by atoms with Crippen LogP contribution in [0.25, 0.3) is 0 Å². The Morgan fingerprint density at radius 2 is 1.90 bits per heavy atom. The molecule has 2 atom stereocenters. The van der Waals surface area contributed by atoms with E-state index in [9.17, 15) is 27.9 Å². The Morgan fingerprint density at radius 1 is 1.33 bits per heavy atom. The predicted octanol–water partition coefficient (Wildman–Crippen LogP) is 2.51. The SMILES string of the molecule is CC(Cl)C(=O)c1c(OC(F)(F)F)cccc1C(O)C(=O)O. The number of ether oxygens (including phenoxy) is 1. The van der Waals surface area contributed by atoms with E-state index in [1.165, 1.54) is 6.92 Å². The predicted molar refractivity (Wildman–Crippen MR) is 65.4 cm³/mol. The molecule has 0 aliphatic rings. The van der Waals surface area contributed by atoms with Crippen LogP contribution < -0.4 is 4.74 Å². The van der Waals surface area contributed by atoms with Gasteiger partial charge in [-0.3, -0.25) is 4.79 Å². The number of carboxylic acid groups (broad SMARTS) is 1. The number of aliphatic hydroxyl groups is 1. The summed E-state index contributed by atoms with van der Waals surface area (Å²) in [7, 11) is 0. The molecule has 0 aliphatic carbocycles. The molecule has 0 saturated carbocycles. The highest BCUT2D eigenvalue weighted by Gasteiger charge is 2.35. The summed E-state index contributed by atoms with van der Waals surface area (Å²) in [5, 5.41) is 17.0. The highest BCUT2D eigenvalue weighted by Crippen LogP contribution is 2.33. The van der Waals surface area contributed by atoms with Gasteiger partial charge in [-0.15, -0.1) is 24.8 Å². The second-order valence-corrected chi connectivity index (χ2v) is 4.64. The molecule has 0 radical (unpaired) electrons. The molecule has 0 fully saturated rings. The number of ketones is 1.